The third-order valence-corrected chi connectivity index (χ3v) is 6.62. The van der Waals surface area contributed by atoms with Crippen molar-refractivity contribution in [1.82, 2.24) is 14.8 Å². The van der Waals surface area contributed by atoms with Crippen molar-refractivity contribution in [3.8, 4) is 11.4 Å². The number of anilines is 2. The minimum absolute atomic E-state index is 0.129. The Morgan fingerprint density at radius 3 is 2.47 bits per heavy atom. The van der Waals surface area contributed by atoms with Crippen LogP contribution in [0.3, 0.4) is 0 Å². The molecule has 0 spiro atoms. The first-order chi connectivity index (χ1) is 16.4. The number of rotatable bonds is 8. The lowest BCUT2D eigenvalue weighted by molar-refractivity contribution is -0.115. The van der Waals surface area contributed by atoms with Gasteiger partial charge >= 0.3 is 0 Å². The van der Waals surface area contributed by atoms with Gasteiger partial charge in [-0.1, -0.05) is 37.7 Å². The van der Waals surface area contributed by atoms with Crippen LogP contribution in [0, 0.1) is 11.7 Å². The maximum absolute atomic E-state index is 14.4. The Morgan fingerprint density at radius 2 is 1.79 bits per heavy atom. The van der Waals surface area contributed by atoms with Crippen molar-refractivity contribution in [3.63, 3.8) is 0 Å². The quantitative estimate of drug-likeness (QED) is 0.469. The number of hydrogen-bond donors (Lipinski definition) is 1. The first kappa shape index (κ1) is 24.2. The van der Waals surface area contributed by atoms with Crippen LogP contribution in [0.2, 0.25) is 0 Å². The highest BCUT2D eigenvalue weighted by Crippen LogP contribution is 2.29. The van der Waals surface area contributed by atoms with Crippen molar-refractivity contribution in [3.05, 3.63) is 54.3 Å². The molecule has 2 heterocycles. The molecule has 7 nitrogen and oxygen atoms in total. The summed E-state index contributed by atoms with van der Waals surface area (Å²) in [6.45, 7) is 9.80. The van der Waals surface area contributed by atoms with Crippen molar-refractivity contribution in [2.45, 2.75) is 37.7 Å². The number of nitrogens with one attached hydrogen (secondary N) is 1. The zero-order chi connectivity index (χ0) is 24.1. The van der Waals surface area contributed by atoms with Crippen LogP contribution in [0.4, 0.5) is 15.8 Å². The van der Waals surface area contributed by atoms with E-state index in [4.69, 9.17) is 4.74 Å². The number of morpholine rings is 1. The Kier molecular flexibility index (Phi) is 7.84. The highest BCUT2D eigenvalue weighted by molar-refractivity contribution is 8.00. The molecule has 1 atom stereocenters. The molecule has 1 amide bonds. The fourth-order valence-corrected chi connectivity index (χ4v) is 4.64. The number of amides is 1. The molecule has 0 bridgehead atoms. The van der Waals surface area contributed by atoms with Gasteiger partial charge in [-0.05, 0) is 49.2 Å². The van der Waals surface area contributed by atoms with Crippen LogP contribution in [-0.2, 0) is 16.1 Å². The number of halogens is 1. The molecule has 1 N–H and O–H groups in total. The lowest BCUT2D eigenvalue weighted by atomic mass is 10.2. The molecule has 0 aliphatic carbocycles. The van der Waals surface area contributed by atoms with Crippen LogP contribution in [0.25, 0.3) is 11.4 Å². The van der Waals surface area contributed by atoms with Gasteiger partial charge in [0.1, 0.15) is 5.82 Å². The average molecular weight is 484 g/mol. The van der Waals surface area contributed by atoms with E-state index in [1.165, 1.54) is 17.8 Å². The van der Waals surface area contributed by atoms with E-state index in [1.54, 1.807) is 18.2 Å². The second kappa shape index (κ2) is 11.0. The largest absolute Gasteiger partial charge is 0.378 e. The smallest absolute Gasteiger partial charge is 0.237 e. The zero-order valence-corrected chi connectivity index (χ0v) is 20.5. The van der Waals surface area contributed by atoms with E-state index in [0.29, 0.717) is 29.0 Å². The minimum Gasteiger partial charge on any atom is -0.378 e. The predicted octanol–water partition coefficient (Wildman–Crippen LogP) is 4.70. The number of thioether (sulfide) groups is 1. The van der Waals surface area contributed by atoms with Crippen LogP contribution < -0.4 is 10.2 Å². The van der Waals surface area contributed by atoms with Crippen LogP contribution >= 0.6 is 11.8 Å². The molecule has 0 saturated carbocycles. The number of hydrogen-bond acceptors (Lipinski definition) is 6. The summed E-state index contributed by atoms with van der Waals surface area (Å²) in [7, 11) is 0. The summed E-state index contributed by atoms with van der Waals surface area (Å²) in [5.41, 5.74) is 2.26. The fraction of sp³-hybridized carbons (Fsp3) is 0.400. The highest BCUT2D eigenvalue weighted by Gasteiger charge is 2.23. The number of benzene rings is 2. The monoisotopic (exact) mass is 483 g/mol. The van der Waals surface area contributed by atoms with Gasteiger partial charge in [-0.3, -0.25) is 4.79 Å². The van der Waals surface area contributed by atoms with Crippen molar-refractivity contribution in [2.24, 2.45) is 5.92 Å². The van der Waals surface area contributed by atoms with Gasteiger partial charge in [0, 0.05) is 31.0 Å². The van der Waals surface area contributed by atoms with E-state index in [0.717, 1.165) is 37.7 Å². The van der Waals surface area contributed by atoms with E-state index in [-0.39, 0.29) is 11.7 Å². The van der Waals surface area contributed by atoms with Gasteiger partial charge in [-0.15, -0.1) is 10.2 Å². The van der Waals surface area contributed by atoms with Gasteiger partial charge < -0.3 is 19.5 Å². The molecule has 34 heavy (non-hydrogen) atoms. The van der Waals surface area contributed by atoms with Gasteiger partial charge in [0.25, 0.3) is 0 Å². The van der Waals surface area contributed by atoms with Crippen molar-refractivity contribution < 1.29 is 13.9 Å². The Bertz CT molecular complexity index is 1110. The first-order valence-corrected chi connectivity index (χ1v) is 12.4. The summed E-state index contributed by atoms with van der Waals surface area (Å²) < 4.78 is 21.7. The lowest BCUT2D eigenvalue weighted by Crippen LogP contribution is -2.36. The van der Waals surface area contributed by atoms with E-state index in [9.17, 15) is 9.18 Å². The Hall–Kier alpha value is -2.91. The van der Waals surface area contributed by atoms with E-state index in [2.05, 4.69) is 34.3 Å². The Labute approximate surface area is 203 Å². The molecule has 9 heteroatoms. The molecule has 1 saturated heterocycles. The molecule has 0 radical (unpaired) electrons. The van der Waals surface area contributed by atoms with Gasteiger partial charge in [0.05, 0.1) is 24.0 Å². The maximum atomic E-state index is 14.4. The molecule has 1 fully saturated rings. The Balaban J connectivity index is 1.45. The van der Waals surface area contributed by atoms with Crippen molar-refractivity contribution in [1.29, 1.82) is 0 Å². The minimum atomic E-state index is -0.414. The average Bonchev–Trinajstić information content (AvgIpc) is 3.21. The number of ether oxygens (including phenoxy) is 1. The van der Waals surface area contributed by atoms with Crippen LogP contribution in [0.5, 0.6) is 0 Å². The zero-order valence-electron chi connectivity index (χ0n) is 19.7. The second-order valence-corrected chi connectivity index (χ2v) is 9.99. The van der Waals surface area contributed by atoms with Gasteiger partial charge in [0.15, 0.2) is 11.0 Å². The van der Waals surface area contributed by atoms with E-state index in [1.807, 2.05) is 35.8 Å². The number of nitrogens with zero attached hydrogens (tertiary/aromatic N) is 4. The number of aromatic nitrogens is 3. The third kappa shape index (κ3) is 5.77. The predicted molar refractivity (Wildman–Crippen MR) is 134 cm³/mol. The SMILES string of the molecule is CC(C)Cn1c(SC(C)C(=O)Nc2ccc(N3CCOCC3)cc2)nnc1-c1ccccc1F. The van der Waals surface area contributed by atoms with Crippen LogP contribution in [-0.4, -0.2) is 52.2 Å². The molecule has 1 aliphatic heterocycles. The number of carbonyl (C=O) groups excluding carboxylic acids is 1. The molecular weight excluding hydrogens is 453 g/mol. The molecule has 1 aromatic heterocycles. The maximum Gasteiger partial charge on any atom is 0.237 e. The summed E-state index contributed by atoms with van der Waals surface area (Å²) in [6.07, 6.45) is 0. The molecule has 180 valence electrons. The normalized spacial score (nSPS) is 14.9. The first-order valence-electron chi connectivity index (χ1n) is 11.5. The summed E-state index contributed by atoms with van der Waals surface area (Å²) in [6, 6.07) is 14.4. The fourth-order valence-electron chi connectivity index (χ4n) is 3.78. The van der Waals surface area contributed by atoms with Crippen molar-refractivity contribution >= 4 is 29.0 Å². The molecule has 1 aliphatic rings. The van der Waals surface area contributed by atoms with E-state index >= 15 is 0 Å². The summed E-state index contributed by atoms with van der Waals surface area (Å²) in [5, 5.41) is 11.7. The molecule has 4 rings (SSSR count). The Morgan fingerprint density at radius 1 is 1.09 bits per heavy atom. The second-order valence-electron chi connectivity index (χ2n) is 8.69. The standard InChI is InChI=1S/C25H30FN5O2S/c1-17(2)16-31-23(21-6-4-5-7-22(21)26)28-29-25(31)34-18(3)24(32)27-19-8-10-20(11-9-19)30-12-14-33-15-13-30/h4-11,17-18H,12-16H2,1-3H3,(H,27,32). The summed E-state index contributed by atoms with van der Waals surface area (Å²) in [4.78, 5) is 15.2. The molecular formula is C25H30FN5O2S. The topological polar surface area (TPSA) is 72.3 Å². The van der Waals surface area contributed by atoms with Gasteiger partial charge in [-0.2, -0.15) is 0 Å². The molecule has 3 aromatic rings. The molecule has 2 aromatic carbocycles. The van der Waals surface area contributed by atoms with Crippen LogP contribution in [0.15, 0.2) is 53.7 Å². The number of carbonyl (C=O) groups is 1. The van der Waals surface area contributed by atoms with E-state index < -0.39 is 5.25 Å². The van der Waals surface area contributed by atoms with Gasteiger partial charge in [-0.25, -0.2) is 4.39 Å². The third-order valence-electron chi connectivity index (χ3n) is 5.54. The lowest BCUT2D eigenvalue weighted by Gasteiger charge is -2.28. The van der Waals surface area contributed by atoms with Crippen molar-refractivity contribution in [2.75, 3.05) is 36.5 Å². The van der Waals surface area contributed by atoms with Crippen LogP contribution in [0.1, 0.15) is 20.8 Å². The summed E-state index contributed by atoms with van der Waals surface area (Å²) in [5.74, 6) is 0.300. The highest BCUT2D eigenvalue weighted by atomic mass is 32.2. The summed E-state index contributed by atoms with van der Waals surface area (Å²) >= 11 is 1.32. The molecule has 1 unspecified atom stereocenters. The van der Waals surface area contributed by atoms with Gasteiger partial charge in [0.2, 0.25) is 5.91 Å².